The highest BCUT2D eigenvalue weighted by Crippen LogP contribution is 2.26. The molecule has 0 aromatic rings. The fourth-order valence-corrected chi connectivity index (χ4v) is 2.73. The number of ether oxygens (including phenoxy) is 1. The zero-order valence-electron chi connectivity index (χ0n) is 9.47. The Balaban J connectivity index is 2.29. The molecule has 2 aliphatic heterocycles. The van der Waals surface area contributed by atoms with Crippen LogP contribution in [0.4, 0.5) is 0 Å². The van der Waals surface area contributed by atoms with Crippen LogP contribution in [0.3, 0.4) is 0 Å². The Kier molecular flexibility index (Phi) is 3.49. The van der Waals surface area contributed by atoms with E-state index in [2.05, 4.69) is 16.9 Å². The minimum absolute atomic E-state index is 0.180. The third-order valence-electron chi connectivity index (χ3n) is 3.23. The van der Waals surface area contributed by atoms with Crippen LogP contribution in [0.2, 0.25) is 0 Å². The molecular formula is C10H18ClN4O+. The van der Waals surface area contributed by atoms with Gasteiger partial charge in [0.25, 0.3) is 0 Å². The molecule has 1 fully saturated rings. The summed E-state index contributed by atoms with van der Waals surface area (Å²) in [4.78, 5) is 4.20. The molecule has 0 amide bonds. The van der Waals surface area contributed by atoms with Gasteiger partial charge in [-0.15, -0.1) is 5.01 Å². The first-order valence-electron chi connectivity index (χ1n) is 5.57. The summed E-state index contributed by atoms with van der Waals surface area (Å²) >= 11 is 6.41. The van der Waals surface area contributed by atoms with Crippen molar-refractivity contribution in [2.75, 3.05) is 32.8 Å². The summed E-state index contributed by atoms with van der Waals surface area (Å²) in [7, 11) is 0. The fourth-order valence-electron chi connectivity index (χ4n) is 2.31. The van der Waals surface area contributed by atoms with Crippen molar-refractivity contribution in [2.24, 2.45) is 10.7 Å². The average molecular weight is 246 g/mol. The molecule has 0 aromatic carbocycles. The second-order valence-corrected chi connectivity index (χ2v) is 4.36. The molecular weight excluding hydrogens is 228 g/mol. The lowest BCUT2D eigenvalue weighted by Gasteiger charge is -2.47. The second-order valence-electron chi connectivity index (χ2n) is 3.91. The lowest BCUT2D eigenvalue weighted by molar-refractivity contribution is -0.966. The number of aliphatic imine (C=N–C) groups is 1. The Morgan fingerprint density at radius 2 is 2.31 bits per heavy atom. The van der Waals surface area contributed by atoms with Gasteiger partial charge in [0.1, 0.15) is 6.54 Å². The molecule has 1 saturated heterocycles. The summed E-state index contributed by atoms with van der Waals surface area (Å²) in [5.41, 5.74) is 5.87. The highest BCUT2D eigenvalue weighted by molar-refractivity contribution is 6.21. The predicted octanol–water partition coefficient (Wildman–Crippen LogP) is 0.477. The number of halogens is 1. The first-order valence-corrected chi connectivity index (χ1v) is 6.01. The van der Waals surface area contributed by atoms with Crippen molar-refractivity contribution < 1.29 is 9.33 Å². The van der Waals surface area contributed by atoms with Gasteiger partial charge in [-0.3, -0.25) is 0 Å². The molecule has 2 atom stereocenters. The maximum atomic E-state index is 6.41. The van der Waals surface area contributed by atoms with Gasteiger partial charge < -0.3 is 10.5 Å². The van der Waals surface area contributed by atoms with Gasteiger partial charge >= 0.3 is 5.96 Å². The van der Waals surface area contributed by atoms with Gasteiger partial charge in [-0.1, -0.05) is 11.6 Å². The number of rotatable bonds is 2. The smallest absolute Gasteiger partial charge is 0.321 e. The van der Waals surface area contributed by atoms with Crippen molar-refractivity contribution in [3.05, 3.63) is 12.3 Å². The van der Waals surface area contributed by atoms with Crippen molar-refractivity contribution in [1.82, 2.24) is 5.01 Å². The second kappa shape index (κ2) is 4.71. The third-order valence-corrected chi connectivity index (χ3v) is 3.70. The molecule has 0 aliphatic carbocycles. The summed E-state index contributed by atoms with van der Waals surface area (Å²) in [5, 5.41) is 2.24. The maximum absolute atomic E-state index is 6.41. The van der Waals surface area contributed by atoms with E-state index in [1.165, 1.54) is 0 Å². The highest BCUT2D eigenvalue weighted by atomic mass is 35.5. The summed E-state index contributed by atoms with van der Waals surface area (Å²) in [6.45, 7) is 5.99. The van der Waals surface area contributed by atoms with E-state index in [4.69, 9.17) is 22.1 Å². The lowest BCUT2D eigenvalue weighted by Crippen LogP contribution is -2.71. The number of alkyl halides is 1. The van der Waals surface area contributed by atoms with Crippen LogP contribution in [0.1, 0.15) is 6.92 Å². The molecule has 0 aromatic heterocycles. The van der Waals surface area contributed by atoms with Gasteiger partial charge in [0.05, 0.1) is 26.3 Å². The molecule has 16 heavy (non-hydrogen) atoms. The summed E-state index contributed by atoms with van der Waals surface area (Å²) in [6.07, 6.45) is 3.57. The van der Waals surface area contributed by atoms with Crippen molar-refractivity contribution in [1.29, 1.82) is 0 Å². The molecule has 6 heteroatoms. The highest BCUT2D eigenvalue weighted by Gasteiger charge is 2.46. The standard InChI is InChI=1S/C10H18ClN4O/c1-2-15(14-5-7-16-8-6-14)9(11)3-4-13-10(15)12/h3-4,9H,2,5-8H2,1H3,(H2,12,13)/q+1. The molecule has 0 spiro atoms. The van der Waals surface area contributed by atoms with Crippen LogP contribution in [0.15, 0.2) is 17.3 Å². The number of hydrogen-bond donors (Lipinski definition) is 1. The SMILES string of the molecule is CC[N+]1(N2CCOCC2)C(N)=NC=CC1Cl. The van der Waals surface area contributed by atoms with Crippen LogP contribution in [-0.4, -0.2) is 53.9 Å². The monoisotopic (exact) mass is 245 g/mol. The Morgan fingerprint density at radius 1 is 1.62 bits per heavy atom. The van der Waals surface area contributed by atoms with Crippen LogP contribution in [0, 0.1) is 0 Å². The minimum atomic E-state index is -0.180. The predicted molar refractivity (Wildman–Crippen MR) is 63.6 cm³/mol. The lowest BCUT2D eigenvalue weighted by atomic mass is 10.3. The van der Waals surface area contributed by atoms with Gasteiger partial charge in [0.15, 0.2) is 0 Å². The fraction of sp³-hybridized carbons (Fsp3) is 0.700. The van der Waals surface area contributed by atoms with Crippen LogP contribution in [0.25, 0.3) is 0 Å². The Bertz CT molecular complexity index is 314. The summed E-state index contributed by atoms with van der Waals surface area (Å²) < 4.78 is 5.78. The number of nitrogens with zero attached hydrogens (tertiary/aromatic N) is 3. The van der Waals surface area contributed by atoms with Gasteiger partial charge in [0.2, 0.25) is 5.50 Å². The van der Waals surface area contributed by atoms with E-state index in [1.54, 1.807) is 6.20 Å². The van der Waals surface area contributed by atoms with Crippen LogP contribution < -0.4 is 5.73 Å². The molecule has 0 saturated carbocycles. The number of guanidine groups is 1. The average Bonchev–Trinajstić information content (AvgIpc) is 2.31. The molecule has 2 N–H and O–H groups in total. The van der Waals surface area contributed by atoms with Crippen molar-refractivity contribution in [2.45, 2.75) is 12.4 Å². The number of nitrogens with two attached hydrogens (primary N) is 1. The Hall–Kier alpha value is -0.620. The van der Waals surface area contributed by atoms with E-state index in [-0.39, 0.29) is 5.50 Å². The Labute approximate surface area is 101 Å². The number of quaternary nitrogens is 1. The first kappa shape index (κ1) is 11.9. The molecule has 90 valence electrons. The summed E-state index contributed by atoms with van der Waals surface area (Å²) in [5.74, 6) is 0.562. The van der Waals surface area contributed by atoms with E-state index < -0.39 is 0 Å². The van der Waals surface area contributed by atoms with Crippen LogP contribution in [-0.2, 0) is 4.74 Å². The van der Waals surface area contributed by atoms with Crippen LogP contribution in [0.5, 0.6) is 0 Å². The minimum Gasteiger partial charge on any atom is -0.378 e. The molecule has 0 bridgehead atoms. The van der Waals surface area contributed by atoms with Gasteiger partial charge in [0, 0.05) is 12.3 Å². The number of hydrogen-bond acceptors (Lipinski definition) is 4. The normalized spacial score (nSPS) is 36.1. The number of likely N-dealkylation sites (N-methyl/N-ethyl adjacent to an activating group) is 1. The van der Waals surface area contributed by atoms with Gasteiger partial charge in [-0.05, 0) is 6.92 Å². The molecule has 2 rings (SSSR count). The van der Waals surface area contributed by atoms with E-state index in [0.29, 0.717) is 10.6 Å². The topological polar surface area (TPSA) is 50.9 Å². The first-order chi connectivity index (χ1) is 7.71. The van der Waals surface area contributed by atoms with Crippen molar-refractivity contribution >= 4 is 17.6 Å². The van der Waals surface area contributed by atoms with E-state index in [9.17, 15) is 0 Å². The molecule has 2 heterocycles. The van der Waals surface area contributed by atoms with E-state index in [0.717, 1.165) is 32.8 Å². The van der Waals surface area contributed by atoms with Crippen LogP contribution >= 0.6 is 11.6 Å². The molecule has 2 unspecified atom stereocenters. The van der Waals surface area contributed by atoms with E-state index >= 15 is 0 Å². The summed E-state index contributed by atoms with van der Waals surface area (Å²) in [6, 6.07) is 0. The Morgan fingerprint density at radius 3 is 2.88 bits per heavy atom. The van der Waals surface area contributed by atoms with E-state index in [1.807, 2.05) is 6.08 Å². The van der Waals surface area contributed by atoms with Gasteiger partial charge in [-0.25, -0.2) is 0 Å². The largest absolute Gasteiger partial charge is 0.378 e. The molecule has 0 radical (unpaired) electrons. The van der Waals surface area contributed by atoms with Crippen molar-refractivity contribution in [3.63, 3.8) is 0 Å². The zero-order chi connectivity index (χ0) is 11.6. The maximum Gasteiger partial charge on any atom is 0.321 e. The molecule has 5 nitrogen and oxygen atoms in total. The zero-order valence-corrected chi connectivity index (χ0v) is 10.2. The molecule has 2 aliphatic rings. The quantitative estimate of drug-likeness (QED) is 0.437. The number of morpholine rings is 1. The van der Waals surface area contributed by atoms with Crippen molar-refractivity contribution in [3.8, 4) is 0 Å². The van der Waals surface area contributed by atoms with Gasteiger partial charge in [-0.2, -0.15) is 9.58 Å². The third kappa shape index (κ3) is 1.73.